The molecule has 1 aliphatic carbocycles. The Morgan fingerprint density at radius 3 is 2.93 bits per heavy atom. The van der Waals surface area contributed by atoms with Crippen molar-refractivity contribution in [3.63, 3.8) is 0 Å². The molecule has 0 bridgehead atoms. The predicted molar refractivity (Wildman–Crippen MR) is 103 cm³/mol. The van der Waals surface area contributed by atoms with Gasteiger partial charge in [0.15, 0.2) is 5.82 Å². The van der Waals surface area contributed by atoms with Crippen LogP contribution >= 0.6 is 0 Å². The maximum atomic E-state index is 12.2. The Bertz CT molecular complexity index is 723. The summed E-state index contributed by atoms with van der Waals surface area (Å²) in [6, 6.07) is 7.86. The highest BCUT2D eigenvalue weighted by Crippen LogP contribution is 2.22. The monoisotopic (exact) mass is 371 g/mol. The average Bonchev–Trinajstić information content (AvgIpc) is 3.14. The summed E-state index contributed by atoms with van der Waals surface area (Å²) in [5.74, 6) is 1.16. The van der Waals surface area contributed by atoms with Crippen molar-refractivity contribution in [2.24, 2.45) is 0 Å². The summed E-state index contributed by atoms with van der Waals surface area (Å²) < 4.78 is 11.2. The molecule has 1 heterocycles. The fourth-order valence-corrected chi connectivity index (χ4v) is 3.35. The van der Waals surface area contributed by atoms with E-state index in [1.807, 2.05) is 24.3 Å². The van der Waals surface area contributed by atoms with Crippen LogP contribution in [0.5, 0.6) is 0 Å². The van der Waals surface area contributed by atoms with E-state index in [2.05, 4.69) is 22.4 Å². The van der Waals surface area contributed by atoms with E-state index in [-0.39, 0.29) is 5.91 Å². The summed E-state index contributed by atoms with van der Waals surface area (Å²) in [5.41, 5.74) is 1.88. The molecule has 27 heavy (non-hydrogen) atoms. The number of ether oxygens (including phenoxy) is 1. The topological polar surface area (TPSA) is 77.2 Å². The Labute approximate surface area is 160 Å². The number of rotatable bonds is 9. The molecule has 0 radical (unpaired) electrons. The molecule has 0 atom stereocenters. The van der Waals surface area contributed by atoms with Crippen molar-refractivity contribution in [3.8, 4) is 0 Å². The third kappa shape index (κ3) is 6.47. The minimum atomic E-state index is -0.0596. The summed E-state index contributed by atoms with van der Waals surface area (Å²) in [6.45, 7) is 2.66. The molecule has 6 nitrogen and oxygen atoms in total. The number of anilines is 1. The van der Waals surface area contributed by atoms with E-state index in [0.717, 1.165) is 36.9 Å². The Balaban J connectivity index is 1.44. The quantitative estimate of drug-likeness (QED) is 0.705. The van der Waals surface area contributed by atoms with Crippen LogP contribution in [0.4, 0.5) is 5.69 Å². The second-order valence-corrected chi connectivity index (χ2v) is 7.17. The van der Waals surface area contributed by atoms with Crippen molar-refractivity contribution in [3.05, 3.63) is 41.5 Å². The zero-order chi connectivity index (χ0) is 18.9. The minimum Gasteiger partial charge on any atom is -0.374 e. The molecule has 1 aliphatic rings. The van der Waals surface area contributed by atoms with Crippen LogP contribution in [0.3, 0.4) is 0 Å². The van der Waals surface area contributed by atoms with Gasteiger partial charge < -0.3 is 14.6 Å². The molecule has 1 aromatic carbocycles. The molecule has 0 spiro atoms. The van der Waals surface area contributed by atoms with Crippen LogP contribution in [0.25, 0.3) is 0 Å². The highest BCUT2D eigenvalue weighted by molar-refractivity contribution is 5.90. The number of nitrogens with zero attached hydrogens (tertiary/aromatic N) is 2. The summed E-state index contributed by atoms with van der Waals surface area (Å²) in [6.07, 6.45) is 9.09. The number of aryl methyl sites for hydroxylation is 2. The van der Waals surface area contributed by atoms with Gasteiger partial charge in [0, 0.05) is 24.9 Å². The van der Waals surface area contributed by atoms with E-state index in [1.54, 1.807) is 0 Å². The smallest absolute Gasteiger partial charge is 0.227 e. The van der Waals surface area contributed by atoms with Crippen molar-refractivity contribution >= 4 is 11.6 Å². The number of carbonyl (C=O) groups is 1. The minimum absolute atomic E-state index is 0.0596. The summed E-state index contributed by atoms with van der Waals surface area (Å²) in [5, 5.41) is 6.84. The third-order valence-corrected chi connectivity index (χ3v) is 4.80. The number of benzene rings is 1. The first-order valence-electron chi connectivity index (χ1n) is 10.0. The normalized spacial score (nSPS) is 15.0. The summed E-state index contributed by atoms with van der Waals surface area (Å²) in [7, 11) is 0. The van der Waals surface area contributed by atoms with Crippen molar-refractivity contribution in [2.75, 3.05) is 5.32 Å². The van der Waals surface area contributed by atoms with Gasteiger partial charge in [0.05, 0.1) is 12.7 Å². The summed E-state index contributed by atoms with van der Waals surface area (Å²) in [4.78, 5) is 16.5. The van der Waals surface area contributed by atoms with Gasteiger partial charge in [0.2, 0.25) is 11.8 Å². The van der Waals surface area contributed by atoms with Gasteiger partial charge in [-0.05, 0) is 37.0 Å². The standard InChI is InChI=1S/C21H29N3O3/c1-2-7-19-23-21(27-24-19)13-12-20(25)22-17-9-6-8-16(14-17)15-26-18-10-4-3-5-11-18/h6,8-9,14,18H,2-5,7,10-13,15H2,1H3,(H,22,25). The maximum absolute atomic E-state index is 12.2. The summed E-state index contributed by atoms with van der Waals surface area (Å²) >= 11 is 0. The van der Waals surface area contributed by atoms with Gasteiger partial charge >= 0.3 is 0 Å². The number of carbonyl (C=O) groups excluding carboxylic acids is 1. The molecule has 0 saturated heterocycles. The van der Waals surface area contributed by atoms with Crippen molar-refractivity contribution in [1.82, 2.24) is 10.1 Å². The number of amides is 1. The second-order valence-electron chi connectivity index (χ2n) is 7.17. The highest BCUT2D eigenvalue weighted by Gasteiger charge is 2.14. The van der Waals surface area contributed by atoms with Crippen molar-refractivity contribution < 1.29 is 14.1 Å². The maximum Gasteiger partial charge on any atom is 0.227 e. The zero-order valence-electron chi connectivity index (χ0n) is 16.1. The van der Waals surface area contributed by atoms with E-state index in [9.17, 15) is 4.79 Å². The van der Waals surface area contributed by atoms with Gasteiger partial charge in [-0.1, -0.05) is 43.5 Å². The van der Waals surface area contributed by atoms with Gasteiger partial charge in [-0.25, -0.2) is 0 Å². The number of nitrogens with one attached hydrogen (secondary N) is 1. The van der Waals surface area contributed by atoms with Gasteiger partial charge in [-0.15, -0.1) is 0 Å². The molecule has 1 saturated carbocycles. The predicted octanol–water partition coefficient (Wildman–Crippen LogP) is 4.44. The number of aromatic nitrogens is 2. The van der Waals surface area contributed by atoms with Gasteiger partial charge in [-0.2, -0.15) is 4.98 Å². The molecule has 2 aromatic rings. The number of hydrogen-bond donors (Lipinski definition) is 1. The molecular weight excluding hydrogens is 342 g/mol. The van der Waals surface area contributed by atoms with Crippen LogP contribution in [0.1, 0.15) is 69.1 Å². The fourth-order valence-electron chi connectivity index (χ4n) is 3.35. The van der Waals surface area contributed by atoms with Crippen molar-refractivity contribution in [2.45, 2.75) is 77.4 Å². The molecule has 1 fully saturated rings. The van der Waals surface area contributed by atoms with Crippen LogP contribution < -0.4 is 5.32 Å². The third-order valence-electron chi connectivity index (χ3n) is 4.80. The van der Waals surface area contributed by atoms with Gasteiger partial charge in [0.25, 0.3) is 0 Å². The Morgan fingerprint density at radius 1 is 1.26 bits per heavy atom. The van der Waals surface area contributed by atoms with Gasteiger partial charge in [-0.3, -0.25) is 4.79 Å². The zero-order valence-corrected chi connectivity index (χ0v) is 16.1. The molecule has 1 amide bonds. The lowest BCUT2D eigenvalue weighted by molar-refractivity contribution is -0.116. The average molecular weight is 371 g/mol. The lowest BCUT2D eigenvalue weighted by Gasteiger charge is -2.22. The van der Waals surface area contributed by atoms with E-state index in [0.29, 0.717) is 37.3 Å². The SMILES string of the molecule is CCCc1noc(CCC(=O)Nc2cccc(COC3CCCCC3)c2)n1. The number of hydrogen-bond acceptors (Lipinski definition) is 5. The van der Waals surface area contributed by atoms with Crippen LogP contribution in [0.15, 0.2) is 28.8 Å². The van der Waals surface area contributed by atoms with Crippen LogP contribution in [-0.4, -0.2) is 22.2 Å². The molecule has 1 N–H and O–H groups in total. The highest BCUT2D eigenvalue weighted by atomic mass is 16.5. The van der Waals surface area contributed by atoms with E-state index in [1.165, 1.54) is 19.3 Å². The van der Waals surface area contributed by atoms with E-state index < -0.39 is 0 Å². The largest absolute Gasteiger partial charge is 0.374 e. The first-order chi connectivity index (χ1) is 13.2. The molecule has 146 valence electrons. The van der Waals surface area contributed by atoms with E-state index in [4.69, 9.17) is 9.26 Å². The molecule has 0 unspecified atom stereocenters. The molecular formula is C21H29N3O3. The molecule has 0 aliphatic heterocycles. The Morgan fingerprint density at radius 2 is 2.11 bits per heavy atom. The first kappa shape index (κ1) is 19.5. The lowest BCUT2D eigenvalue weighted by Crippen LogP contribution is -2.16. The Kier molecular flexibility index (Phi) is 7.39. The van der Waals surface area contributed by atoms with Crippen molar-refractivity contribution in [1.29, 1.82) is 0 Å². The van der Waals surface area contributed by atoms with Crippen LogP contribution in [-0.2, 0) is 29.0 Å². The first-order valence-corrected chi connectivity index (χ1v) is 10.0. The fraction of sp³-hybridized carbons (Fsp3) is 0.571. The second kappa shape index (κ2) is 10.2. The molecule has 1 aromatic heterocycles. The van der Waals surface area contributed by atoms with Crippen LogP contribution in [0.2, 0.25) is 0 Å². The van der Waals surface area contributed by atoms with E-state index >= 15 is 0 Å². The molecule has 3 rings (SSSR count). The Hall–Kier alpha value is -2.21. The molecule has 6 heteroatoms. The van der Waals surface area contributed by atoms with Crippen LogP contribution in [0, 0.1) is 0 Å². The lowest BCUT2D eigenvalue weighted by atomic mass is 9.98. The van der Waals surface area contributed by atoms with Gasteiger partial charge in [0.1, 0.15) is 0 Å².